The zero-order valence-electron chi connectivity index (χ0n) is 13.8. The van der Waals surface area contributed by atoms with Crippen molar-refractivity contribution >= 4 is 35.2 Å². The van der Waals surface area contributed by atoms with Crippen LogP contribution in [0.4, 0.5) is 0 Å². The summed E-state index contributed by atoms with van der Waals surface area (Å²) in [5, 5.41) is 10.6. The fourth-order valence-electron chi connectivity index (χ4n) is 3.49. The molecule has 4 atom stereocenters. The van der Waals surface area contributed by atoms with Gasteiger partial charge in [-0.15, -0.1) is 11.8 Å². The number of carbonyl (C=O) groups is 2. The van der Waals surface area contributed by atoms with Gasteiger partial charge in [0, 0.05) is 17.5 Å². The molecule has 5 nitrogen and oxygen atoms in total. The normalized spacial score (nSPS) is 32.3. The number of rotatable bonds is 6. The number of likely N-dealkylation sites (tertiary alicyclic amines) is 1. The molecule has 0 aliphatic carbocycles. The molecule has 2 saturated heterocycles. The first-order chi connectivity index (χ1) is 10.9. The Labute approximate surface area is 145 Å². The maximum Gasteiger partial charge on any atom is 0.236 e. The molecule has 0 bridgehead atoms. The number of Topliss-reactive ketones (excluding diaryl/α,β-unsaturated/α-hetero) is 1. The van der Waals surface area contributed by atoms with Gasteiger partial charge in [0.25, 0.3) is 0 Å². The van der Waals surface area contributed by atoms with E-state index in [-0.39, 0.29) is 23.0 Å². The molecule has 0 unspecified atom stereocenters. The molecule has 3 aliphatic heterocycles. The molecule has 0 radical (unpaired) electrons. The molecule has 3 rings (SSSR count). The highest BCUT2D eigenvalue weighted by Crippen LogP contribution is 2.55. The molecule has 3 heterocycles. The number of carbonyl (C=O) groups excluding carboxylic acids is 2. The number of hydrogen-bond donors (Lipinski definition) is 1. The van der Waals surface area contributed by atoms with E-state index in [0.29, 0.717) is 18.2 Å². The number of hydrogen-bond acceptors (Lipinski definition) is 6. The fraction of sp³-hybridized carbons (Fsp3) is 0.750. The molecular formula is C16H24N2O3S2. The number of nitrogens with zero attached hydrogens (tertiary/aromatic N) is 2. The molecule has 1 N–H and O–H groups in total. The Balaban J connectivity index is 1.59. The van der Waals surface area contributed by atoms with Crippen molar-refractivity contribution in [1.29, 1.82) is 0 Å². The largest absolute Gasteiger partial charge is 0.392 e. The van der Waals surface area contributed by atoms with Gasteiger partial charge >= 0.3 is 0 Å². The lowest BCUT2D eigenvalue weighted by Crippen LogP contribution is -2.60. The van der Waals surface area contributed by atoms with Gasteiger partial charge in [0.2, 0.25) is 5.91 Å². The number of amides is 1. The van der Waals surface area contributed by atoms with E-state index >= 15 is 0 Å². The highest BCUT2D eigenvalue weighted by atomic mass is 32.2. The average molecular weight is 357 g/mol. The van der Waals surface area contributed by atoms with E-state index < -0.39 is 6.10 Å². The van der Waals surface area contributed by atoms with Crippen molar-refractivity contribution in [2.45, 2.75) is 50.3 Å². The maximum absolute atomic E-state index is 12.3. The van der Waals surface area contributed by atoms with Crippen molar-refractivity contribution in [3.8, 4) is 0 Å². The number of thioether (sulfide) groups is 2. The topological polar surface area (TPSA) is 60.9 Å². The van der Waals surface area contributed by atoms with Crippen LogP contribution in [0.15, 0.2) is 9.93 Å². The van der Waals surface area contributed by atoms with Gasteiger partial charge in [0.15, 0.2) is 0 Å². The molecule has 1 amide bonds. The van der Waals surface area contributed by atoms with Gasteiger partial charge in [-0.3, -0.25) is 14.5 Å². The van der Waals surface area contributed by atoms with Crippen molar-refractivity contribution in [3.05, 3.63) is 9.93 Å². The molecule has 7 heteroatoms. The second kappa shape index (κ2) is 6.78. The van der Waals surface area contributed by atoms with Crippen molar-refractivity contribution in [2.75, 3.05) is 19.6 Å². The number of aliphatic hydroxyl groups is 1. The third-order valence-electron chi connectivity index (χ3n) is 4.75. The number of aliphatic hydroxyl groups excluding tert-OH is 1. The SMILES string of the molecule is CC[C@H](O)[C@@H]1C(=O)N2C(C)=C(S[C@H]3CCN(CC(C)=O)C3)S[C@H]12. The van der Waals surface area contributed by atoms with Gasteiger partial charge in [-0.1, -0.05) is 18.7 Å². The molecule has 2 fully saturated rings. The third kappa shape index (κ3) is 3.21. The molecular weight excluding hydrogens is 332 g/mol. The molecule has 128 valence electrons. The standard InChI is InChI=1S/C16H24N2O3S2/c1-4-12(20)13-14(21)18-10(3)16(23-15(13)18)22-11-5-6-17(8-11)7-9(2)19/h11-13,15,20H,4-8H2,1-3H3/t11-,12-,13+,15+/m0/s1. The van der Waals surface area contributed by atoms with E-state index in [4.69, 9.17) is 0 Å². The minimum absolute atomic E-state index is 0.0644. The summed E-state index contributed by atoms with van der Waals surface area (Å²) < 4.78 is 1.21. The molecule has 0 aromatic heterocycles. The highest BCUT2D eigenvalue weighted by molar-refractivity contribution is 8.23. The predicted molar refractivity (Wildman–Crippen MR) is 93.8 cm³/mol. The van der Waals surface area contributed by atoms with E-state index in [1.807, 2.05) is 30.5 Å². The maximum atomic E-state index is 12.3. The lowest BCUT2D eigenvalue weighted by molar-refractivity contribution is -0.153. The first-order valence-electron chi connectivity index (χ1n) is 8.19. The van der Waals surface area contributed by atoms with Crippen LogP contribution < -0.4 is 0 Å². The number of β-lactam (4-membered cyclic amide) rings is 1. The molecule has 3 aliphatic rings. The Morgan fingerprint density at radius 2 is 2.26 bits per heavy atom. The van der Waals surface area contributed by atoms with Crippen LogP contribution in [0.3, 0.4) is 0 Å². The first-order valence-corrected chi connectivity index (χ1v) is 9.95. The van der Waals surface area contributed by atoms with E-state index in [9.17, 15) is 14.7 Å². The second-order valence-electron chi connectivity index (χ2n) is 6.56. The van der Waals surface area contributed by atoms with Crippen molar-refractivity contribution in [3.63, 3.8) is 0 Å². The van der Waals surface area contributed by atoms with Crippen molar-refractivity contribution in [1.82, 2.24) is 9.80 Å². The van der Waals surface area contributed by atoms with Crippen molar-refractivity contribution < 1.29 is 14.7 Å². The minimum Gasteiger partial charge on any atom is -0.392 e. The molecule has 0 aromatic carbocycles. The Hall–Kier alpha value is -0.500. The van der Waals surface area contributed by atoms with Crippen LogP contribution in [0.1, 0.15) is 33.6 Å². The van der Waals surface area contributed by atoms with Crippen LogP contribution in [0.2, 0.25) is 0 Å². The van der Waals surface area contributed by atoms with Gasteiger partial charge in [0.05, 0.1) is 22.8 Å². The summed E-state index contributed by atoms with van der Waals surface area (Å²) in [6.45, 7) is 8.00. The van der Waals surface area contributed by atoms with Crippen LogP contribution in [0.5, 0.6) is 0 Å². The Bertz CT molecular complexity index is 551. The molecule has 0 saturated carbocycles. The van der Waals surface area contributed by atoms with E-state index in [0.717, 1.165) is 25.2 Å². The van der Waals surface area contributed by atoms with Gasteiger partial charge in [-0.25, -0.2) is 0 Å². The summed E-state index contributed by atoms with van der Waals surface area (Å²) in [5.74, 6) is 0.0258. The van der Waals surface area contributed by atoms with Crippen LogP contribution in [0, 0.1) is 5.92 Å². The van der Waals surface area contributed by atoms with E-state index in [2.05, 4.69) is 4.90 Å². The van der Waals surface area contributed by atoms with Gasteiger partial charge in [0.1, 0.15) is 11.2 Å². The summed E-state index contributed by atoms with van der Waals surface area (Å²) in [7, 11) is 0. The summed E-state index contributed by atoms with van der Waals surface area (Å²) in [4.78, 5) is 27.6. The van der Waals surface area contributed by atoms with Gasteiger partial charge in [-0.05, 0) is 33.2 Å². The highest BCUT2D eigenvalue weighted by Gasteiger charge is 2.55. The smallest absolute Gasteiger partial charge is 0.236 e. The lowest BCUT2D eigenvalue weighted by Gasteiger charge is -2.44. The summed E-state index contributed by atoms with van der Waals surface area (Å²) in [5.41, 5.74) is 1.04. The fourth-order valence-corrected chi connectivity index (χ4v) is 6.79. The number of fused-ring (bicyclic) bond motifs is 1. The number of allylic oxidation sites excluding steroid dienone is 1. The summed E-state index contributed by atoms with van der Waals surface area (Å²) >= 11 is 3.57. The predicted octanol–water partition coefficient (Wildman–Crippen LogP) is 1.87. The lowest BCUT2D eigenvalue weighted by atomic mass is 9.90. The summed E-state index contributed by atoms with van der Waals surface area (Å²) in [6.07, 6.45) is 1.16. The number of ketones is 1. The zero-order chi connectivity index (χ0) is 16.7. The molecule has 0 aromatic rings. The average Bonchev–Trinajstić information content (AvgIpc) is 3.02. The van der Waals surface area contributed by atoms with Crippen LogP contribution in [-0.2, 0) is 9.59 Å². The Kier molecular flexibility index (Phi) is 5.11. The van der Waals surface area contributed by atoms with E-state index in [1.54, 1.807) is 18.7 Å². The van der Waals surface area contributed by atoms with Crippen LogP contribution in [-0.4, -0.2) is 63.0 Å². The van der Waals surface area contributed by atoms with Crippen LogP contribution in [0.25, 0.3) is 0 Å². The Morgan fingerprint density at radius 3 is 2.91 bits per heavy atom. The van der Waals surface area contributed by atoms with Gasteiger partial charge < -0.3 is 10.0 Å². The monoisotopic (exact) mass is 356 g/mol. The quantitative estimate of drug-likeness (QED) is 0.733. The first kappa shape index (κ1) is 17.3. The Morgan fingerprint density at radius 1 is 1.52 bits per heavy atom. The summed E-state index contributed by atoms with van der Waals surface area (Å²) in [6, 6.07) is 0. The third-order valence-corrected chi connectivity index (χ3v) is 7.81. The minimum atomic E-state index is -0.536. The molecule has 23 heavy (non-hydrogen) atoms. The molecule has 0 spiro atoms. The van der Waals surface area contributed by atoms with E-state index in [1.165, 1.54) is 4.24 Å². The van der Waals surface area contributed by atoms with Crippen LogP contribution >= 0.6 is 23.5 Å². The van der Waals surface area contributed by atoms with Gasteiger partial charge in [-0.2, -0.15) is 0 Å². The van der Waals surface area contributed by atoms with Crippen molar-refractivity contribution in [2.24, 2.45) is 5.92 Å². The zero-order valence-corrected chi connectivity index (χ0v) is 15.5. The second-order valence-corrected chi connectivity index (χ2v) is 9.25.